The lowest BCUT2D eigenvalue weighted by atomic mass is 9.90. The van der Waals surface area contributed by atoms with Crippen LogP contribution >= 0.6 is 0 Å². The summed E-state index contributed by atoms with van der Waals surface area (Å²) in [6.07, 6.45) is 11.6. The van der Waals surface area contributed by atoms with Gasteiger partial charge in [-0.15, -0.1) is 0 Å². The van der Waals surface area contributed by atoms with Crippen LogP contribution in [0.15, 0.2) is 48.7 Å². The predicted molar refractivity (Wildman–Crippen MR) is 71.9 cm³/mol. The largest absolute Gasteiger partial charge is 0.261 e. The highest BCUT2D eigenvalue weighted by Crippen LogP contribution is 2.24. The first kappa shape index (κ1) is 10.5. The van der Waals surface area contributed by atoms with Gasteiger partial charge in [-0.1, -0.05) is 36.4 Å². The predicted octanol–water partition coefficient (Wildman–Crippen LogP) is 4.13. The first-order valence-electron chi connectivity index (χ1n) is 6.43. The lowest BCUT2D eigenvalue weighted by Gasteiger charge is -2.16. The Hall–Kier alpha value is -1.63. The second-order valence-corrected chi connectivity index (χ2v) is 4.80. The molecule has 2 aromatic rings. The molecule has 0 saturated heterocycles. The minimum absolute atomic E-state index is 0.682. The van der Waals surface area contributed by atoms with Crippen LogP contribution in [0.3, 0.4) is 0 Å². The maximum absolute atomic E-state index is 4.57. The number of hydrogen-bond donors (Lipinski definition) is 0. The Morgan fingerprint density at radius 3 is 3.00 bits per heavy atom. The summed E-state index contributed by atoms with van der Waals surface area (Å²) in [6, 6.07) is 10.6. The van der Waals surface area contributed by atoms with E-state index in [9.17, 15) is 0 Å². The zero-order valence-electron chi connectivity index (χ0n) is 9.97. The standard InChI is InChI=1S/C16H17N/c1-2-6-13(7-3-1)12-16-15-9-5-4-8-14(15)10-11-17-16/h2,4-6,8-11,13H,1,3,7,12H2/t13-/m0/s1. The first-order chi connectivity index (χ1) is 8.43. The quantitative estimate of drug-likeness (QED) is 0.697. The molecule has 0 saturated carbocycles. The van der Waals surface area contributed by atoms with Gasteiger partial charge in [0.15, 0.2) is 0 Å². The highest BCUT2D eigenvalue weighted by molar-refractivity contribution is 5.84. The van der Waals surface area contributed by atoms with Crippen LogP contribution in [0.25, 0.3) is 10.8 Å². The molecule has 1 heteroatoms. The second-order valence-electron chi connectivity index (χ2n) is 4.80. The number of benzene rings is 1. The molecule has 1 aromatic heterocycles. The summed E-state index contributed by atoms with van der Waals surface area (Å²) < 4.78 is 0. The van der Waals surface area contributed by atoms with Crippen LogP contribution in [0.5, 0.6) is 0 Å². The van der Waals surface area contributed by atoms with Crippen molar-refractivity contribution in [1.82, 2.24) is 4.98 Å². The summed E-state index contributed by atoms with van der Waals surface area (Å²) in [6.45, 7) is 0. The molecule has 0 spiro atoms. The van der Waals surface area contributed by atoms with Crippen LogP contribution in [0.2, 0.25) is 0 Å². The van der Waals surface area contributed by atoms with E-state index in [0.717, 1.165) is 6.42 Å². The van der Waals surface area contributed by atoms with Crippen LogP contribution in [-0.4, -0.2) is 4.98 Å². The van der Waals surface area contributed by atoms with Crippen molar-refractivity contribution in [1.29, 1.82) is 0 Å². The SMILES string of the molecule is C1=C[C@H](Cc2nccc3ccccc23)CCC1. The van der Waals surface area contributed by atoms with Crippen molar-refractivity contribution in [3.8, 4) is 0 Å². The molecule has 0 radical (unpaired) electrons. The molecule has 0 amide bonds. The topological polar surface area (TPSA) is 12.9 Å². The van der Waals surface area contributed by atoms with E-state index in [-0.39, 0.29) is 0 Å². The highest BCUT2D eigenvalue weighted by Gasteiger charge is 2.11. The van der Waals surface area contributed by atoms with Crippen molar-refractivity contribution in [2.75, 3.05) is 0 Å². The summed E-state index contributed by atoms with van der Waals surface area (Å²) >= 11 is 0. The van der Waals surface area contributed by atoms with Crippen molar-refractivity contribution in [2.24, 2.45) is 5.92 Å². The smallest absolute Gasteiger partial charge is 0.0487 e. The van der Waals surface area contributed by atoms with E-state index in [4.69, 9.17) is 0 Å². The van der Waals surface area contributed by atoms with E-state index in [1.54, 1.807) is 0 Å². The third kappa shape index (κ3) is 2.23. The molecule has 0 aliphatic heterocycles. The van der Waals surface area contributed by atoms with Crippen molar-refractivity contribution in [3.05, 3.63) is 54.4 Å². The van der Waals surface area contributed by atoms with Crippen molar-refractivity contribution < 1.29 is 0 Å². The minimum atomic E-state index is 0.682. The normalized spacial score (nSPS) is 19.6. The average molecular weight is 223 g/mol. The van der Waals surface area contributed by atoms with Gasteiger partial charge in [0.2, 0.25) is 0 Å². The fourth-order valence-electron chi connectivity index (χ4n) is 2.65. The number of fused-ring (bicyclic) bond motifs is 1. The van der Waals surface area contributed by atoms with Crippen molar-refractivity contribution >= 4 is 10.8 Å². The molecule has 0 bridgehead atoms. The van der Waals surface area contributed by atoms with Crippen molar-refractivity contribution in [3.63, 3.8) is 0 Å². The summed E-state index contributed by atoms with van der Waals surface area (Å²) in [7, 11) is 0. The second kappa shape index (κ2) is 4.70. The van der Waals surface area contributed by atoms with Gasteiger partial charge < -0.3 is 0 Å². The van der Waals surface area contributed by atoms with Gasteiger partial charge in [0.25, 0.3) is 0 Å². The first-order valence-corrected chi connectivity index (χ1v) is 6.43. The number of hydrogen-bond acceptors (Lipinski definition) is 1. The minimum Gasteiger partial charge on any atom is -0.261 e. The molecule has 17 heavy (non-hydrogen) atoms. The molecule has 86 valence electrons. The number of rotatable bonds is 2. The van der Waals surface area contributed by atoms with Crippen molar-refractivity contribution in [2.45, 2.75) is 25.7 Å². The fraction of sp³-hybridized carbons (Fsp3) is 0.312. The van der Waals surface area contributed by atoms with Crippen LogP contribution in [-0.2, 0) is 6.42 Å². The van der Waals surface area contributed by atoms with Gasteiger partial charge in [-0.25, -0.2) is 0 Å². The Balaban J connectivity index is 1.94. The molecule has 1 aliphatic carbocycles. The molecule has 1 aliphatic rings. The van der Waals surface area contributed by atoms with Crippen LogP contribution < -0.4 is 0 Å². The Morgan fingerprint density at radius 2 is 2.12 bits per heavy atom. The maximum atomic E-state index is 4.57. The van der Waals surface area contributed by atoms with E-state index in [1.807, 2.05) is 6.20 Å². The summed E-state index contributed by atoms with van der Waals surface area (Å²) in [5.41, 5.74) is 1.25. The van der Waals surface area contributed by atoms with Gasteiger partial charge in [0.05, 0.1) is 0 Å². The monoisotopic (exact) mass is 223 g/mol. The van der Waals surface area contributed by atoms with Crippen LogP contribution in [0, 0.1) is 5.92 Å². The zero-order valence-corrected chi connectivity index (χ0v) is 9.97. The lowest BCUT2D eigenvalue weighted by Crippen LogP contribution is -2.06. The van der Waals surface area contributed by atoms with E-state index in [2.05, 4.69) is 47.5 Å². The van der Waals surface area contributed by atoms with Crippen LogP contribution in [0.4, 0.5) is 0 Å². The van der Waals surface area contributed by atoms with E-state index in [0.29, 0.717) is 5.92 Å². The molecule has 0 N–H and O–H groups in total. The maximum Gasteiger partial charge on any atom is 0.0487 e. The highest BCUT2D eigenvalue weighted by atomic mass is 14.7. The molecule has 0 fully saturated rings. The molecular weight excluding hydrogens is 206 g/mol. The van der Waals surface area contributed by atoms with E-state index in [1.165, 1.54) is 35.7 Å². The molecule has 3 rings (SSSR count). The molecule has 1 nitrogen and oxygen atoms in total. The summed E-state index contributed by atoms with van der Waals surface area (Å²) in [5.74, 6) is 0.682. The molecule has 1 heterocycles. The molecule has 1 aromatic carbocycles. The summed E-state index contributed by atoms with van der Waals surface area (Å²) in [4.78, 5) is 4.57. The van der Waals surface area contributed by atoms with Gasteiger partial charge in [0.1, 0.15) is 0 Å². The third-order valence-electron chi connectivity index (χ3n) is 3.57. The van der Waals surface area contributed by atoms with Crippen LogP contribution in [0.1, 0.15) is 25.0 Å². The Kier molecular flexibility index (Phi) is 2.91. The Labute approximate surface area is 102 Å². The van der Waals surface area contributed by atoms with Gasteiger partial charge >= 0.3 is 0 Å². The number of aromatic nitrogens is 1. The number of pyridine rings is 1. The summed E-state index contributed by atoms with van der Waals surface area (Å²) in [5, 5.41) is 2.62. The number of nitrogens with zero attached hydrogens (tertiary/aromatic N) is 1. The number of allylic oxidation sites excluding steroid dienone is 2. The molecule has 1 atom stereocenters. The molecule has 0 unspecified atom stereocenters. The Bertz CT molecular complexity index is 537. The van der Waals surface area contributed by atoms with Gasteiger partial charge in [0, 0.05) is 17.3 Å². The van der Waals surface area contributed by atoms with Gasteiger partial charge in [-0.05, 0) is 43.1 Å². The Morgan fingerprint density at radius 1 is 1.18 bits per heavy atom. The van der Waals surface area contributed by atoms with Gasteiger partial charge in [-0.2, -0.15) is 0 Å². The average Bonchev–Trinajstić information content (AvgIpc) is 2.40. The van der Waals surface area contributed by atoms with Gasteiger partial charge in [-0.3, -0.25) is 4.98 Å². The van der Waals surface area contributed by atoms with E-state index < -0.39 is 0 Å². The molecular formula is C16H17N. The third-order valence-corrected chi connectivity index (χ3v) is 3.57. The zero-order chi connectivity index (χ0) is 11.5. The fourth-order valence-corrected chi connectivity index (χ4v) is 2.65. The lowest BCUT2D eigenvalue weighted by molar-refractivity contribution is 0.535. The van der Waals surface area contributed by atoms with E-state index >= 15 is 0 Å².